The molecule has 0 aromatic carbocycles. The first-order valence-electron chi connectivity index (χ1n) is 9.30. The summed E-state index contributed by atoms with van der Waals surface area (Å²) in [6.07, 6.45) is 6.43. The van der Waals surface area contributed by atoms with Crippen molar-refractivity contribution in [3.05, 3.63) is 41.9 Å². The highest BCUT2D eigenvalue weighted by Crippen LogP contribution is 2.28. The first-order chi connectivity index (χ1) is 12.8. The average Bonchev–Trinajstić information content (AvgIpc) is 3.18. The highest BCUT2D eigenvalue weighted by atomic mass is 16.5. The van der Waals surface area contributed by atoms with Gasteiger partial charge in [0, 0.05) is 50.6 Å². The molecule has 2 fully saturated rings. The summed E-state index contributed by atoms with van der Waals surface area (Å²) in [6.45, 7) is 3.56. The summed E-state index contributed by atoms with van der Waals surface area (Å²) >= 11 is 0. The van der Waals surface area contributed by atoms with E-state index in [1.165, 1.54) is 5.56 Å². The summed E-state index contributed by atoms with van der Waals surface area (Å²) in [5.41, 5.74) is 2.28. The molecule has 2 aliphatic heterocycles. The van der Waals surface area contributed by atoms with E-state index in [9.17, 15) is 5.11 Å². The molecule has 2 saturated heterocycles. The van der Waals surface area contributed by atoms with Crippen LogP contribution in [0.4, 0.5) is 11.8 Å². The number of hydrogen-bond donors (Lipinski definition) is 2. The Kier molecular flexibility index (Phi) is 5.26. The van der Waals surface area contributed by atoms with Gasteiger partial charge in [-0.3, -0.25) is 4.98 Å². The molecule has 0 spiro atoms. The normalized spacial score (nSPS) is 20.2. The Morgan fingerprint density at radius 2 is 2.23 bits per heavy atom. The van der Waals surface area contributed by atoms with Gasteiger partial charge in [0.15, 0.2) is 0 Å². The summed E-state index contributed by atoms with van der Waals surface area (Å²) < 4.78 is 5.52. The van der Waals surface area contributed by atoms with E-state index in [2.05, 4.69) is 21.4 Å². The lowest BCUT2D eigenvalue weighted by Gasteiger charge is -2.36. The molecule has 4 heterocycles. The van der Waals surface area contributed by atoms with Crippen LogP contribution in [0, 0.1) is 0 Å². The van der Waals surface area contributed by atoms with Gasteiger partial charge in [-0.2, -0.15) is 4.98 Å². The first-order valence-corrected chi connectivity index (χ1v) is 9.30. The fraction of sp³-hybridized carbons (Fsp3) is 0.526. The van der Waals surface area contributed by atoms with Crippen molar-refractivity contribution in [3.8, 4) is 0 Å². The van der Waals surface area contributed by atoms with Crippen LogP contribution in [0.25, 0.3) is 0 Å². The maximum Gasteiger partial charge on any atom is 0.227 e. The van der Waals surface area contributed by atoms with Crippen LogP contribution in [0.15, 0.2) is 30.6 Å². The second kappa shape index (κ2) is 7.97. The summed E-state index contributed by atoms with van der Waals surface area (Å²) in [6, 6.07) is 6.11. The molecule has 0 amide bonds. The number of β-amino-alcohol motifs (C(OH)–C–C–N with tert-alkyl or cyclic N) is 1. The monoisotopic (exact) mass is 355 g/mol. The molecular formula is C19H25N5O2. The lowest BCUT2D eigenvalue weighted by atomic mass is 10.0. The average molecular weight is 355 g/mol. The third kappa shape index (κ3) is 4.11. The van der Waals surface area contributed by atoms with Crippen molar-refractivity contribution in [2.45, 2.75) is 31.3 Å². The van der Waals surface area contributed by atoms with Crippen molar-refractivity contribution < 1.29 is 9.84 Å². The Morgan fingerprint density at radius 3 is 2.96 bits per heavy atom. The number of pyridine rings is 1. The molecule has 138 valence electrons. The Labute approximate surface area is 153 Å². The van der Waals surface area contributed by atoms with Crippen molar-refractivity contribution in [2.24, 2.45) is 0 Å². The SMILES string of the molecule is OC1CN(c2nc(NCCCc3cccnc3)cc(C3CCOC3)n2)C1. The summed E-state index contributed by atoms with van der Waals surface area (Å²) in [7, 11) is 0. The standard InChI is InChI=1S/C19H25N5O2/c25-16-11-24(12-16)19-22-17(15-5-8-26-13-15)9-18(23-19)21-7-2-4-14-3-1-6-20-10-14/h1,3,6,9-10,15-16,25H,2,4-5,7-8,11-13H2,(H,21,22,23). The largest absolute Gasteiger partial charge is 0.389 e. The highest BCUT2D eigenvalue weighted by Gasteiger charge is 2.28. The van der Waals surface area contributed by atoms with Gasteiger partial charge in [0.1, 0.15) is 5.82 Å². The quantitative estimate of drug-likeness (QED) is 0.730. The van der Waals surface area contributed by atoms with Gasteiger partial charge >= 0.3 is 0 Å². The number of nitrogens with zero attached hydrogens (tertiary/aromatic N) is 4. The van der Waals surface area contributed by atoms with E-state index >= 15 is 0 Å². The Balaban J connectivity index is 1.40. The molecule has 2 N–H and O–H groups in total. The second-order valence-electron chi connectivity index (χ2n) is 6.99. The molecule has 1 atom stereocenters. The topological polar surface area (TPSA) is 83.4 Å². The number of aliphatic hydroxyl groups excluding tert-OH is 1. The van der Waals surface area contributed by atoms with Crippen LogP contribution in [-0.4, -0.2) is 59.0 Å². The van der Waals surface area contributed by atoms with Gasteiger partial charge in [-0.15, -0.1) is 0 Å². The van der Waals surface area contributed by atoms with Crippen molar-refractivity contribution in [2.75, 3.05) is 43.1 Å². The Hall–Kier alpha value is -2.25. The number of rotatable bonds is 7. The van der Waals surface area contributed by atoms with E-state index in [-0.39, 0.29) is 6.10 Å². The predicted octanol–water partition coefficient (Wildman–Crippen LogP) is 1.60. The molecule has 26 heavy (non-hydrogen) atoms. The lowest BCUT2D eigenvalue weighted by Crippen LogP contribution is -2.51. The molecule has 4 rings (SSSR count). The summed E-state index contributed by atoms with van der Waals surface area (Å²) in [5, 5.41) is 13.0. The predicted molar refractivity (Wildman–Crippen MR) is 99.5 cm³/mol. The zero-order chi connectivity index (χ0) is 17.8. The number of ether oxygens (including phenoxy) is 1. The molecule has 7 heteroatoms. The smallest absolute Gasteiger partial charge is 0.227 e. The molecule has 0 saturated carbocycles. The van der Waals surface area contributed by atoms with Gasteiger partial charge in [-0.05, 0) is 30.9 Å². The third-order valence-corrected chi connectivity index (χ3v) is 4.90. The molecule has 7 nitrogen and oxygen atoms in total. The highest BCUT2D eigenvalue weighted by molar-refractivity contribution is 5.46. The van der Waals surface area contributed by atoms with Crippen molar-refractivity contribution in [1.82, 2.24) is 15.0 Å². The van der Waals surface area contributed by atoms with Gasteiger partial charge in [0.05, 0.1) is 18.4 Å². The van der Waals surface area contributed by atoms with Crippen LogP contribution in [0.2, 0.25) is 0 Å². The molecule has 0 bridgehead atoms. The van der Waals surface area contributed by atoms with E-state index in [4.69, 9.17) is 9.72 Å². The minimum Gasteiger partial charge on any atom is -0.389 e. The number of hydrogen-bond acceptors (Lipinski definition) is 7. The van der Waals surface area contributed by atoms with Gasteiger partial charge in [-0.25, -0.2) is 4.98 Å². The van der Waals surface area contributed by atoms with Crippen molar-refractivity contribution in [1.29, 1.82) is 0 Å². The fourth-order valence-electron chi connectivity index (χ4n) is 3.34. The van der Waals surface area contributed by atoms with Crippen molar-refractivity contribution >= 4 is 11.8 Å². The van der Waals surface area contributed by atoms with E-state index in [1.807, 2.05) is 23.2 Å². The number of aliphatic hydroxyl groups is 1. The molecule has 0 radical (unpaired) electrons. The van der Waals surface area contributed by atoms with E-state index < -0.39 is 0 Å². The van der Waals surface area contributed by atoms with Crippen LogP contribution in [0.5, 0.6) is 0 Å². The second-order valence-corrected chi connectivity index (χ2v) is 6.99. The maximum absolute atomic E-state index is 9.57. The zero-order valence-electron chi connectivity index (χ0n) is 14.8. The lowest BCUT2D eigenvalue weighted by molar-refractivity contribution is 0.140. The Bertz CT molecular complexity index is 715. The fourth-order valence-corrected chi connectivity index (χ4v) is 3.34. The number of aryl methyl sites for hydroxylation is 1. The van der Waals surface area contributed by atoms with E-state index in [1.54, 1.807) is 6.20 Å². The van der Waals surface area contributed by atoms with Gasteiger partial charge < -0.3 is 20.1 Å². The molecule has 2 aromatic heterocycles. The molecule has 2 aliphatic rings. The number of nitrogens with one attached hydrogen (secondary N) is 1. The van der Waals surface area contributed by atoms with Crippen LogP contribution in [-0.2, 0) is 11.2 Å². The maximum atomic E-state index is 9.57. The van der Waals surface area contributed by atoms with Crippen molar-refractivity contribution in [3.63, 3.8) is 0 Å². The van der Waals surface area contributed by atoms with Crippen LogP contribution in [0.1, 0.15) is 30.0 Å². The number of aromatic nitrogens is 3. The van der Waals surface area contributed by atoms with Gasteiger partial charge in [0.25, 0.3) is 0 Å². The van der Waals surface area contributed by atoms with Gasteiger partial charge in [0.2, 0.25) is 5.95 Å². The zero-order valence-corrected chi connectivity index (χ0v) is 14.8. The van der Waals surface area contributed by atoms with E-state index in [0.717, 1.165) is 50.5 Å². The molecule has 2 aromatic rings. The van der Waals surface area contributed by atoms with Crippen LogP contribution in [0.3, 0.4) is 0 Å². The third-order valence-electron chi connectivity index (χ3n) is 4.90. The number of anilines is 2. The molecular weight excluding hydrogens is 330 g/mol. The molecule has 0 aliphatic carbocycles. The van der Waals surface area contributed by atoms with Gasteiger partial charge in [-0.1, -0.05) is 6.07 Å². The first kappa shape index (κ1) is 17.2. The van der Waals surface area contributed by atoms with E-state index in [0.29, 0.717) is 25.0 Å². The molecule has 1 unspecified atom stereocenters. The minimum atomic E-state index is -0.270. The van der Waals surface area contributed by atoms with Crippen LogP contribution >= 0.6 is 0 Å². The van der Waals surface area contributed by atoms with Crippen LogP contribution < -0.4 is 10.2 Å². The summed E-state index contributed by atoms with van der Waals surface area (Å²) in [5.74, 6) is 1.89. The summed E-state index contributed by atoms with van der Waals surface area (Å²) in [4.78, 5) is 15.5. The Morgan fingerprint density at radius 1 is 1.31 bits per heavy atom. The minimum absolute atomic E-state index is 0.270.